The van der Waals surface area contributed by atoms with Gasteiger partial charge >= 0.3 is 5.63 Å². The molecule has 5 heteroatoms. The molecule has 4 aliphatic rings. The maximum atomic E-state index is 12.2. The van der Waals surface area contributed by atoms with Gasteiger partial charge in [0.05, 0.1) is 24.1 Å². The zero-order chi connectivity index (χ0) is 20.6. The molecule has 5 nitrogen and oxygen atoms in total. The fourth-order valence-electron chi connectivity index (χ4n) is 8.41. The van der Waals surface area contributed by atoms with Crippen LogP contribution in [0.3, 0.4) is 0 Å². The van der Waals surface area contributed by atoms with Gasteiger partial charge in [-0.05, 0) is 92.1 Å². The van der Waals surface area contributed by atoms with Gasteiger partial charge in [0.1, 0.15) is 0 Å². The fourth-order valence-corrected chi connectivity index (χ4v) is 8.41. The summed E-state index contributed by atoms with van der Waals surface area (Å²) < 4.78 is 5.14. The summed E-state index contributed by atoms with van der Waals surface area (Å²) in [6, 6.07) is 3.28. The maximum Gasteiger partial charge on any atom is 0.335 e. The zero-order valence-corrected chi connectivity index (χ0v) is 17.5. The molecule has 29 heavy (non-hydrogen) atoms. The number of hydrogen-bond donors (Lipinski definition) is 3. The Kier molecular flexibility index (Phi) is 4.37. The molecule has 1 aromatic heterocycles. The standard InChI is InChI=1S/C24H34O5/c1-22-9-7-16(25)11-15(22)4-5-18-21(22)19(26)12-23(2)17(8-10-24(18,23)28)14-3-6-20(27)29-13-14/h3,6,13,15-19,21,25-26,28H,4-5,7-12H2,1-2H3/t15-,16+,17-,18+,19-,21+,22+,23-,24+/m1/s1. The normalized spacial score (nSPS) is 51.8. The molecular formula is C24H34O5. The Bertz CT molecular complexity index is 829. The minimum Gasteiger partial charge on any atom is -0.431 e. The molecule has 0 amide bonds. The highest BCUT2D eigenvalue weighted by Gasteiger charge is 2.69. The van der Waals surface area contributed by atoms with E-state index < -0.39 is 17.1 Å². The van der Waals surface area contributed by atoms with Crippen LogP contribution in [0.2, 0.25) is 0 Å². The van der Waals surface area contributed by atoms with Crippen LogP contribution in [0.1, 0.15) is 76.7 Å². The molecule has 4 fully saturated rings. The molecule has 1 heterocycles. The molecule has 0 unspecified atom stereocenters. The molecule has 160 valence electrons. The molecule has 0 radical (unpaired) electrons. The third kappa shape index (κ3) is 2.60. The molecule has 0 spiro atoms. The van der Waals surface area contributed by atoms with E-state index in [-0.39, 0.29) is 34.9 Å². The SMILES string of the molecule is C[C@]12CC[C@H](O)C[C@H]1CC[C@H]1[C@H]2[C@H](O)C[C@]2(C)[C@@H](c3ccc(=O)oc3)CC[C@]12O. The molecular weight excluding hydrogens is 368 g/mol. The van der Waals surface area contributed by atoms with Crippen LogP contribution in [-0.2, 0) is 0 Å². The zero-order valence-electron chi connectivity index (χ0n) is 17.5. The van der Waals surface area contributed by atoms with E-state index in [2.05, 4.69) is 13.8 Å². The quantitative estimate of drug-likeness (QED) is 0.671. The van der Waals surface area contributed by atoms with Crippen LogP contribution in [0.4, 0.5) is 0 Å². The first-order valence-electron chi connectivity index (χ1n) is 11.4. The lowest BCUT2D eigenvalue weighted by Crippen LogP contribution is -2.66. The highest BCUT2D eigenvalue weighted by molar-refractivity contribution is 5.28. The average molecular weight is 403 g/mol. The Labute approximate surface area is 172 Å². The van der Waals surface area contributed by atoms with Gasteiger partial charge in [-0.1, -0.05) is 13.8 Å². The van der Waals surface area contributed by atoms with E-state index in [0.29, 0.717) is 12.3 Å². The van der Waals surface area contributed by atoms with Crippen molar-refractivity contribution < 1.29 is 19.7 Å². The molecule has 0 aromatic carbocycles. The van der Waals surface area contributed by atoms with Crippen molar-refractivity contribution in [2.45, 2.75) is 88.9 Å². The van der Waals surface area contributed by atoms with Gasteiger partial charge in [0.25, 0.3) is 0 Å². The second-order valence-electron chi connectivity index (χ2n) is 10.9. The first-order valence-corrected chi connectivity index (χ1v) is 11.4. The van der Waals surface area contributed by atoms with Crippen molar-refractivity contribution in [1.29, 1.82) is 0 Å². The first kappa shape index (κ1) is 19.8. The topological polar surface area (TPSA) is 90.9 Å². The van der Waals surface area contributed by atoms with E-state index in [1.165, 1.54) is 6.07 Å². The monoisotopic (exact) mass is 402 g/mol. The fraction of sp³-hybridized carbons (Fsp3) is 0.792. The van der Waals surface area contributed by atoms with E-state index >= 15 is 0 Å². The van der Waals surface area contributed by atoms with E-state index in [4.69, 9.17) is 4.42 Å². The average Bonchev–Trinajstić information content (AvgIpc) is 2.94. The van der Waals surface area contributed by atoms with Crippen LogP contribution in [0.15, 0.2) is 27.6 Å². The Morgan fingerprint density at radius 2 is 1.86 bits per heavy atom. The summed E-state index contributed by atoms with van der Waals surface area (Å²) in [4.78, 5) is 11.4. The summed E-state index contributed by atoms with van der Waals surface area (Å²) in [5.74, 6) is 0.662. The Hall–Kier alpha value is -1.17. The van der Waals surface area contributed by atoms with Crippen LogP contribution in [0.25, 0.3) is 0 Å². The number of rotatable bonds is 1. The van der Waals surface area contributed by atoms with Gasteiger partial charge in [0.15, 0.2) is 0 Å². The lowest BCUT2D eigenvalue weighted by Gasteiger charge is -2.65. The van der Waals surface area contributed by atoms with Crippen molar-refractivity contribution in [2.24, 2.45) is 28.6 Å². The number of aliphatic hydroxyl groups excluding tert-OH is 2. The van der Waals surface area contributed by atoms with Crippen LogP contribution in [0, 0.1) is 28.6 Å². The highest BCUT2D eigenvalue weighted by Crippen LogP contribution is 2.70. The Morgan fingerprint density at radius 1 is 1.07 bits per heavy atom. The predicted octanol–water partition coefficient (Wildman–Crippen LogP) is 3.21. The highest BCUT2D eigenvalue weighted by atomic mass is 16.4. The summed E-state index contributed by atoms with van der Waals surface area (Å²) in [7, 11) is 0. The summed E-state index contributed by atoms with van der Waals surface area (Å²) in [6.07, 6.45) is 7.49. The summed E-state index contributed by atoms with van der Waals surface area (Å²) in [6.45, 7) is 4.43. The molecule has 0 saturated heterocycles. The molecule has 1 aromatic rings. The van der Waals surface area contributed by atoms with E-state index in [1.54, 1.807) is 6.26 Å². The van der Waals surface area contributed by atoms with Crippen molar-refractivity contribution in [3.63, 3.8) is 0 Å². The van der Waals surface area contributed by atoms with Gasteiger partial charge in [-0.25, -0.2) is 4.79 Å². The lowest BCUT2D eigenvalue weighted by molar-refractivity contribution is -0.239. The molecule has 0 bridgehead atoms. The summed E-state index contributed by atoms with van der Waals surface area (Å²) in [5.41, 5.74) is -0.681. The second-order valence-corrected chi connectivity index (χ2v) is 10.9. The number of fused-ring (bicyclic) bond motifs is 5. The summed E-state index contributed by atoms with van der Waals surface area (Å²) in [5, 5.41) is 33.8. The minimum atomic E-state index is -0.818. The molecule has 4 aliphatic carbocycles. The van der Waals surface area contributed by atoms with Crippen molar-refractivity contribution >= 4 is 0 Å². The van der Waals surface area contributed by atoms with Crippen LogP contribution < -0.4 is 5.63 Å². The van der Waals surface area contributed by atoms with Gasteiger partial charge in [0.2, 0.25) is 0 Å². The third-order valence-electron chi connectivity index (χ3n) is 9.89. The van der Waals surface area contributed by atoms with Crippen LogP contribution >= 0.6 is 0 Å². The second kappa shape index (κ2) is 6.41. The lowest BCUT2D eigenvalue weighted by atomic mass is 9.42. The van der Waals surface area contributed by atoms with Gasteiger partial charge in [-0.3, -0.25) is 0 Å². The largest absolute Gasteiger partial charge is 0.431 e. The van der Waals surface area contributed by atoms with Crippen molar-refractivity contribution in [1.82, 2.24) is 0 Å². The Morgan fingerprint density at radius 3 is 2.59 bits per heavy atom. The van der Waals surface area contributed by atoms with Crippen LogP contribution in [0.5, 0.6) is 0 Å². The van der Waals surface area contributed by atoms with Crippen molar-refractivity contribution in [3.05, 3.63) is 34.4 Å². The molecule has 4 saturated carbocycles. The smallest absolute Gasteiger partial charge is 0.335 e. The van der Waals surface area contributed by atoms with Gasteiger partial charge in [-0.15, -0.1) is 0 Å². The third-order valence-corrected chi connectivity index (χ3v) is 9.89. The maximum absolute atomic E-state index is 12.2. The van der Waals surface area contributed by atoms with E-state index in [1.807, 2.05) is 6.07 Å². The minimum absolute atomic E-state index is 0.0176. The van der Waals surface area contributed by atoms with Gasteiger partial charge in [-0.2, -0.15) is 0 Å². The van der Waals surface area contributed by atoms with Gasteiger partial charge in [0, 0.05) is 11.5 Å². The first-order chi connectivity index (χ1) is 13.7. The molecule has 3 N–H and O–H groups in total. The van der Waals surface area contributed by atoms with Crippen molar-refractivity contribution in [2.75, 3.05) is 0 Å². The number of hydrogen-bond acceptors (Lipinski definition) is 5. The summed E-state index contributed by atoms with van der Waals surface area (Å²) >= 11 is 0. The predicted molar refractivity (Wildman–Crippen MR) is 108 cm³/mol. The Balaban J connectivity index is 1.52. The van der Waals surface area contributed by atoms with E-state index in [9.17, 15) is 20.1 Å². The molecule has 5 rings (SSSR count). The van der Waals surface area contributed by atoms with Crippen molar-refractivity contribution in [3.8, 4) is 0 Å². The molecule has 9 atom stereocenters. The molecule has 0 aliphatic heterocycles. The van der Waals surface area contributed by atoms with Gasteiger partial charge < -0.3 is 19.7 Å². The van der Waals surface area contributed by atoms with E-state index in [0.717, 1.165) is 50.5 Å². The van der Waals surface area contributed by atoms with Crippen LogP contribution in [-0.4, -0.2) is 33.1 Å². The number of aliphatic hydroxyl groups is 3.